The number of hydrogen-bond donors (Lipinski definition) is 0. The van der Waals surface area contributed by atoms with Crippen molar-refractivity contribution in [2.45, 2.75) is 13.2 Å². The molecule has 0 N–H and O–H groups in total. The van der Waals surface area contributed by atoms with Crippen molar-refractivity contribution in [2.75, 3.05) is 21.3 Å². The first-order valence-corrected chi connectivity index (χ1v) is 8.64. The second-order valence-electron chi connectivity index (χ2n) is 6.03. The number of nitrogens with zero attached hydrogens (tertiary/aromatic N) is 3. The van der Waals surface area contributed by atoms with Crippen molar-refractivity contribution in [3.05, 3.63) is 58.7 Å². The summed E-state index contributed by atoms with van der Waals surface area (Å²) in [6, 6.07) is 11.9. The van der Waals surface area contributed by atoms with Crippen LogP contribution in [0.2, 0.25) is 0 Å². The van der Waals surface area contributed by atoms with Gasteiger partial charge in [0.05, 0.1) is 20.9 Å². The second kappa shape index (κ2) is 8.32. The summed E-state index contributed by atoms with van der Waals surface area (Å²) in [5, 5.41) is 4.44. The largest absolute Gasteiger partial charge is 0.493 e. The Balaban J connectivity index is 1.77. The summed E-state index contributed by atoms with van der Waals surface area (Å²) < 4.78 is 31.1. The Hall–Kier alpha value is -2.71. The Morgan fingerprint density at radius 3 is 2.63 bits per heavy atom. The van der Waals surface area contributed by atoms with Crippen LogP contribution in [0.5, 0.6) is 11.5 Å². The van der Waals surface area contributed by atoms with Gasteiger partial charge in [-0.25, -0.2) is 9.07 Å². The lowest BCUT2D eigenvalue weighted by Gasteiger charge is -2.15. The minimum absolute atomic E-state index is 0.255. The van der Waals surface area contributed by atoms with Gasteiger partial charge < -0.3 is 13.9 Å². The molecule has 0 bridgehead atoms. The number of methoxy groups -OCH3 is 2. The molecular weight excluding hydrogens is 369 g/mol. The van der Waals surface area contributed by atoms with Crippen LogP contribution in [0.4, 0.5) is 4.39 Å². The number of ether oxygens (including phenoxy) is 2. The summed E-state index contributed by atoms with van der Waals surface area (Å²) in [6.45, 7) is 0.963. The molecule has 0 aliphatic heterocycles. The van der Waals surface area contributed by atoms with Gasteiger partial charge in [-0.05, 0) is 55.2 Å². The molecule has 142 valence electrons. The lowest BCUT2D eigenvalue weighted by atomic mass is 10.2. The maximum Gasteiger partial charge on any atom is 0.288 e. The number of hydrogen-bond acceptors (Lipinski definition) is 6. The first-order valence-electron chi connectivity index (χ1n) is 8.23. The smallest absolute Gasteiger partial charge is 0.288 e. The minimum Gasteiger partial charge on any atom is -0.493 e. The average molecular weight is 389 g/mol. The van der Waals surface area contributed by atoms with Gasteiger partial charge in [0.25, 0.3) is 4.84 Å². The van der Waals surface area contributed by atoms with E-state index in [0.717, 1.165) is 11.1 Å². The molecule has 3 rings (SSSR count). The lowest BCUT2D eigenvalue weighted by molar-refractivity contribution is 0.240. The van der Waals surface area contributed by atoms with Crippen LogP contribution in [0.15, 0.2) is 46.9 Å². The molecule has 0 saturated heterocycles. The van der Waals surface area contributed by atoms with E-state index in [2.05, 4.69) is 5.10 Å². The molecule has 0 amide bonds. The van der Waals surface area contributed by atoms with E-state index < -0.39 is 0 Å². The fourth-order valence-corrected chi connectivity index (χ4v) is 2.88. The molecule has 3 aromatic rings. The predicted octanol–water partition coefficient (Wildman–Crippen LogP) is 4.12. The fraction of sp³-hybridized carbons (Fsp3) is 0.263. The second-order valence-corrected chi connectivity index (χ2v) is 6.38. The zero-order valence-corrected chi connectivity index (χ0v) is 16.1. The van der Waals surface area contributed by atoms with E-state index >= 15 is 0 Å². The molecule has 8 heteroatoms. The van der Waals surface area contributed by atoms with Gasteiger partial charge in [0, 0.05) is 12.1 Å². The highest BCUT2D eigenvalue weighted by Gasteiger charge is 2.13. The van der Waals surface area contributed by atoms with Gasteiger partial charge in [-0.1, -0.05) is 12.1 Å². The zero-order chi connectivity index (χ0) is 19.4. The van der Waals surface area contributed by atoms with E-state index in [0.29, 0.717) is 30.6 Å². The molecule has 27 heavy (non-hydrogen) atoms. The zero-order valence-electron chi connectivity index (χ0n) is 15.3. The molecule has 0 atom stereocenters. The lowest BCUT2D eigenvalue weighted by Crippen LogP contribution is -2.22. The first-order chi connectivity index (χ1) is 13.0. The normalized spacial score (nSPS) is 11.0. The Bertz CT molecular complexity index is 986. The van der Waals surface area contributed by atoms with Gasteiger partial charge in [-0.15, -0.1) is 5.10 Å². The van der Waals surface area contributed by atoms with Gasteiger partial charge in [0.1, 0.15) is 5.82 Å². The van der Waals surface area contributed by atoms with Gasteiger partial charge in [-0.2, -0.15) is 0 Å². The maximum atomic E-state index is 13.3. The Kier molecular flexibility index (Phi) is 5.88. The molecule has 2 aromatic carbocycles. The highest BCUT2D eigenvalue weighted by atomic mass is 32.1. The summed E-state index contributed by atoms with van der Waals surface area (Å²) >= 11 is 5.28. The Labute approximate surface area is 161 Å². The highest BCUT2D eigenvalue weighted by Crippen LogP contribution is 2.31. The molecule has 0 fully saturated rings. The van der Waals surface area contributed by atoms with Gasteiger partial charge in [-0.3, -0.25) is 4.90 Å². The van der Waals surface area contributed by atoms with Crippen LogP contribution >= 0.6 is 12.2 Å². The van der Waals surface area contributed by atoms with E-state index in [1.807, 2.05) is 24.1 Å². The first kappa shape index (κ1) is 19.1. The topological polar surface area (TPSA) is 52.7 Å². The minimum atomic E-state index is -0.255. The summed E-state index contributed by atoms with van der Waals surface area (Å²) in [5.41, 5.74) is 1.60. The quantitative estimate of drug-likeness (QED) is 0.567. The Morgan fingerprint density at radius 2 is 1.93 bits per heavy atom. The SMILES string of the molecule is COc1ccc(-c2nn(CN(C)Cc3cccc(F)c3)c(=S)o2)cc1OC. The van der Waals surface area contributed by atoms with Crippen molar-refractivity contribution >= 4 is 12.2 Å². The van der Waals surface area contributed by atoms with Crippen LogP contribution in [0, 0.1) is 10.7 Å². The van der Waals surface area contributed by atoms with Gasteiger partial charge >= 0.3 is 0 Å². The monoisotopic (exact) mass is 389 g/mol. The molecule has 0 aliphatic carbocycles. The maximum absolute atomic E-state index is 13.3. The van der Waals surface area contributed by atoms with E-state index in [9.17, 15) is 4.39 Å². The van der Waals surface area contributed by atoms with Crippen molar-refractivity contribution in [1.29, 1.82) is 0 Å². The van der Waals surface area contributed by atoms with Gasteiger partial charge in [0.2, 0.25) is 5.89 Å². The van der Waals surface area contributed by atoms with E-state index in [1.165, 1.54) is 12.1 Å². The van der Waals surface area contributed by atoms with Crippen LogP contribution in [-0.4, -0.2) is 35.9 Å². The van der Waals surface area contributed by atoms with Crippen molar-refractivity contribution in [2.24, 2.45) is 0 Å². The van der Waals surface area contributed by atoms with E-state index in [-0.39, 0.29) is 10.7 Å². The summed E-state index contributed by atoms with van der Waals surface area (Å²) in [4.78, 5) is 2.22. The molecule has 0 aliphatic rings. The van der Waals surface area contributed by atoms with Crippen molar-refractivity contribution in [3.8, 4) is 23.0 Å². The van der Waals surface area contributed by atoms with Crippen molar-refractivity contribution in [3.63, 3.8) is 0 Å². The van der Waals surface area contributed by atoms with Crippen LogP contribution in [0.3, 0.4) is 0 Å². The van der Waals surface area contributed by atoms with Gasteiger partial charge in [0.15, 0.2) is 11.5 Å². The van der Waals surface area contributed by atoms with Crippen LogP contribution < -0.4 is 9.47 Å². The molecular formula is C19H20FN3O3S. The summed E-state index contributed by atoms with van der Waals surface area (Å²) in [7, 11) is 5.04. The molecule has 0 radical (unpaired) electrons. The van der Waals surface area contributed by atoms with Crippen LogP contribution in [-0.2, 0) is 13.2 Å². The predicted molar refractivity (Wildman–Crippen MR) is 102 cm³/mol. The molecule has 1 aromatic heterocycles. The molecule has 0 saturated carbocycles. The van der Waals surface area contributed by atoms with Crippen molar-refractivity contribution < 1.29 is 18.3 Å². The van der Waals surface area contributed by atoms with Crippen LogP contribution in [0.1, 0.15) is 5.56 Å². The summed E-state index contributed by atoms with van der Waals surface area (Å²) in [6.07, 6.45) is 0. The number of rotatable bonds is 7. The third kappa shape index (κ3) is 4.53. The van der Waals surface area contributed by atoms with Crippen LogP contribution in [0.25, 0.3) is 11.5 Å². The third-order valence-corrected chi connectivity index (χ3v) is 4.25. The number of aromatic nitrogens is 2. The fourth-order valence-electron chi connectivity index (χ4n) is 2.71. The molecule has 1 heterocycles. The van der Waals surface area contributed by atoms with E-state index in [4.69, 9.17) is 26.1 Å². The highest BCUT2D eigenvalue weighted by molar-refractivity contribution is 7.71. The standard InChI is InChI=1S/C19H20FN3O3S/c1-22(11-13-5-4-6-15(20)9-13)12-23-19(27)26-18(21-23)14-7-8-16(24-2)17(10-14)25-3/h4-10H,11-12H2,1-3H3. The third-order valence-electron chi connectivity index (χ3n) is 3.95. The number of benzene rings is 2. The molecule has 6 nitrogen and oxygen atoms in total. The molecule has 0 unspecified atom stereocenters. The Morgan fingerprint density at radius 1 is 1.15 bits per heavy atom. The molecule has 0 spiro atoms. The van der Waals surface area contributed by atoms with Crippen molar-refractivity contribution in [1.82, 2.24) is 14.7 Å². The summed E-state index contributed by atoms with van der Waals surface area (Å²) in [5.74, 6) is 1.33. The number of halogens is 1. The average Bonchev–Trinajstić information content (AvgIpc) is 3.01. The van der Waals surface area contributed by atoms with E-state index in [1.54, 1.807) is 37.1 Å².